The van der Waals surface area contributed by atoms with E-state index in [0.29, 0.717) is 13.0 Å². The predicted molar refractivity (Wildman–Crippen MR) is 103 cm³/mol. The molecule has 0 aromatic rings. The van der Waals surface area contributed by atoms with Gasteiger partial charge in [0.2, 0.25) is 0 Å². The van der Waals surface area contributed by atoms with Gasteiger partial charge in [0, 0.05) is 34.3 Å². The summed E-state index contributed by atoms with van der Waals surface area (Å²) in [6.45, 7) is 5.30. The topological polar surface area (TPSA) is 124 Å². The number of thioether (sulfide) groups is 1. The fraction of sp³-hybridized carbons (Fsp3) is 0.789. The Morgan fingerprint density at radius 1 is 0.833 bits per heavy atom. The summed E-state index contributed by atoms with van der Waals surface area (Å²) in [5.74, 6) is -2.41. The van der Waals surface area contributed by atoms with E-state index >= 15 is 0 Å². The van der Waals surface area contributed by atoms with Crippen molar-refractivity contribution in [2.75, 3.05) is 13.2 Å². The molecule has 2 heterocycles. The molecule has 0 aromatic heterocycles. The molecule has 2 aliphatic heterocycles. The maximum atomic E-state index is 11.8. The van der Waals surface area contributed by atoms with Crippen LogP contribution in [0.25, 0.3) is 0 Å². The third-order valence-corrected chi connectivity index (χ3v) is 5.77. The fourth-order valence-electron chi connectivity index (χ4n) is 3.27. The van der Waals surface area contributed by atoms with Crippen LogP contribution in [-0.2, 0) is 47.6 Å². The average molecular weight is 448 g/mol. The number of ether oxygens (including phenoxy) is 6. The molecule has 0 radical (unpaired) electrons. The van der Waals surface area contributed by atoms with Crippen molar-refractivity contribution in [3.8, 4) is 0 Å². The first-order valence-corrected chi connectivity index (χ1v) is 10.7. The van der Waals surface area contributed by atoms with Crippen molar-refractivity contribution in [3.05, 3.63) is 0 Å². The lowest BCUT2D eigenvalue weighted by atomic mass is 10.0. The average Bonchev–Trinajstić information content (AvgIpc) is 2.64. The molecule has 0 aromatic carbocycles. The van der Waals surface area contributed by atoms with Crippen molar-refractivity contribution in [2.45, 2.75) is 82.2 Å². The largest absolute Gasteiger partial charge is 0.465 e. The minimum Gasteiger partial charge on any atom is -0.465 e. The highest BCUT2D eigenvalue weighted by atomic mass is 32.2. The van der Waals surface area contributed by atoms with Gasteiger partial charge in [0.25, 0.3) is 0 Å². The van der Waals surface area contributed by atoms with Crippen molar-refractivity contribution >= 4 is 35.6 Å². The van der Waals surface area contributed by atoms with E-state index in [-0.39, 0.29) is 6.61 Å². The summed E-state index contributed by atoms with van der Waals surface area (Å²) in [5, 5.41) is -0.623. The highest BCUT2D eigenvalue weighted by molar-refractivity contribution is 8.00. The summed E-state index contributed by atoms with van der Waals surface area (Å²) in [5.41, 5.74) is -0.797. The summed E-state index contributed by atoms with van der Waals surface area (Å²) < 4.78 is 33.0. The Labute approximate surface area is 179 Å². The lowest BCUT2D eigenvalue weighted by Gasteiger charge is -2.44. The number of carbonyl (C=O) groups is 4. The third-order valence-electron chi connectivity index (χ3n) is 4.37. The monoisotopic (exact) mass is 448 g/mol. The van der Waals surface area contributed by atoms with Gasteiger partial charge < -0.3 is 28.4 Å². The molecule has 0 spiro atoms. The number of hydrogen-bond donors (Lipinski definition) is 0. The molecule has 0 aliphatic carbocycles. The molecule has 10 nitrogen and oxygen atoms in total. The van der Waals surface area contributed by atoms with Crippen LogP contribution >= 0.6 is 11.8 Å². The van der Waals surface area contributed by atoms with E-state index in [1.807, 2.05) is 0 Å². The molecule has 2 fully saturated rings. The normalized spacial score (nSPS) is 31.3. The van der Waals surface area contributed by atoms with Gasteiger partial charge in [-0.05, 0) is 19.3 Å². The van der Waals surface area contributed by atoms with E-state index in [0.717, 1.165) is 12.8 Å². The van der Waals surface area contributed by atoms with Gasteiger partial charge >= 0.3 is 23.9 Å². The molecule has 30 heavy (non-hydrogen) atoms. The summed E-state index contributed by atoms with van der Waals surface area (Å²) in [6, 6.07) is 0. The van der Waals surface area contributed by atoms with Crippen LogP contribution in [0, 0.1) is 0 Å². The zero-order valence-corrected chi connectivity index (χ0v) is 18.3. The zero-order valence-electron chi connectivity index (χ0n) is 17.5. The molecule has 170 valence electrons. The van der Waals surface area contributed by atoms with Crippen molar-refractivity contribution < 1.29 is 47.6 Å². The Bertz CT molecular complexity index is 633. The van der Waals surface area contributed by atoms with Gasteiger partial charge in [-0.15, -0.1) is 11.8 Å². The van der Waals surface area contributed by atoms with Gasteiger partial charge in [-0.3, -0.25) is 19.2 Å². The van der Waals surface area contributed by atoms with Gasteiger partial charge in [0.05, 0.1) is 5.25 Å². The summed E-state index contributed by atoms with van der Waals surface area (Å²) in [7, 11) is 0. The Balaban J connectivity index is 2.34. The van der Waals surface area contributed by atoms with Crippen LogP contribution in [-0.4, -0.2) is 72.4 Å². The molecule has 2 saturated heterocycles. The van der Waals surface area contributed by atoms with Crippen LogP contribution in [0.1, 0.15) is 47.0 Å². The molecule has 6 atom stereocenters. The quantitative estimate of drug-likeness (QED) is 0.414. The molecule has 0 saturated carbocycles. The molecule has 11 heteroatoms. The van der Waals surface area contributed by atoms with E-state index in [1.54, 1.807) is 0 Å². The molecular formula is C19H28O10S. The van der Waals surface area contributed by atoms with Gasteiger partial charge in [-0.25, -0.2) is 0 Å². The van der Waals surface area contributed by atoms with Gasteiger partial charge in [0.1, 0.15) is 12.0 Å². The van der Waals surface area contributed by atoms with Crippen molar-refractivity contribution in [1.29, 1.82) is 0 Å². The van der Waals surface area contributed by atoms with Crippen molar-refractivity contribution in [1.82, 2.24) is 0 Å². The zero-order chi connectivity index (χ0) is 22.3. The van der Waals surface area contributed by atoms with Crippen LogP contribution in [0.4, 0.5) is 0 Å². The predicted octanol–water partition coefficient (Wildman–Crippen LogP) is 1.33. The van der Waals surface area contributed by atoms with Crippen molar-refractivity contribution in [3.63, 3.8) is 0 Å². The highest BCUT2D eigenvalue weighted by Crippen LogP contribution is 2.40. The van der Waals surface area contributed by atoms with E-state index in [1.165, 1.54) is 39.5 Å². The van der Waals surface area contributed by atoms with E-state index in [9.17, 15) is 19.2 Å². The number of esters is 4. The molecule has 0 N–H and O–H groups in total. The van der Waals surface area contributed by atoms with Crippen LogP contribution in [0.2, 0.25) is 0 Å². The summed E-state index contributed by atoms with van der Waals surface area (Å²) >= 11 is 1.17. The number of carbonyl (C=O) groups excluding carboxylic acids is 4. The van der Waals surface area contributed by atoms with Gasteiger partial charge in [-0.1, -0.05) is 0 Å². The van der Waals surface area contributed by atoms with Crippen molar-refractivity contribution in [2.24, 2.45) is 0 Å². The Morgan fingerprint density at radius 2 is 1.43 bits per heavy atom. The minimum absolute atomic E-state index is 0.117. The molecule has 0 amide bonds. The maximum absolute atomic E-state index is 11.8. The molecule has 2 aliphatic rings. The number of hydrogen-bond acceptors (Lipinski definition) is 11. The van der Waals surface area contributed by atoms with E-state index in [2.05, 4.69) is 0 Å². The van der Waals surface area contributed by atoms with Crippen LogP contribution < -0.4 is 0 Å². The first-order valence-electron chi connectivity index (χ1n) is 9.75. The minimum atomic E-state index is -1.15. The Kier molecular flexibility index (Phi) is 9.37. The number of rotatable bonds is 7. The Morgan fingerprint density at radius 3 is 1.97 bits per heavy atom. The Hall–Kier alpha value is -1.85. The molecule has 0 bridgehead atoms. The molecular weight excluding hydrogens is 420 g/mol. The fourth-order valence-corrected chi connectivity index (χ4v) is 4.68. The van der Waals surface area contributed by atoms with E-state index < -0.39 is 59.2 Å². The third kappa shape index (κ3) is 7.44. The van der Waals surface area contributed by atoms with Crippen LogP contribution in [0.15, 0.2) is 0 Å². The van der Waals surface area contributed by atoms with Gasteiger partial charge in [-0.2, -0.15) is 0 Å². The standard InChI is InChI=1S/C19H28O10S/c1-10(20)25-9-14-16(26-11(2)21)17(27-12(3)22)18(28-13(4)23)19(30-14)29-15-7-5-6-8-24-15/h14-19H,5-9H2,1-4H3/t14-,15?,16+,17-,18+,19-/m0/s1. The van der Waals surface area contributed by atoms with E-state index in [4.69, 9.17) is 28.4 Å². The maximum Gasteiger partial charge on any atom is 0.303 e. The lowest BCUT2D eigenvalue weighted by molar-refractivity contribution is -0.220. The second-order valence-electron chi connectivity index (χ2n) is 7.00. The van der Waals surface area contributed by atoms with Crippen LogP contribution in [0.3, 0.4) is 0 Å². The highest BCUT2D eigenvalue weighted by Gasteiger charge is 2.52. The second-order valence-corrected chi connectivity index (χ2v) is 8.34. The van der Waals surface area contributed by atoms with Gasteiger partial charge in [0.15, 0.2) is 24.6 Å². The lowest BCUT2D eigenvalue weighted by Crippen LogP contribution is -2.59. The summed E-state index contributed by atoms with van der Waals surface area (Å²) in [4.78, 5) is 46.6. The summed E-state index contributed by atoms with van der Waals surface area (Å²) in [6.07, 6.45) is -1.25. The molecule has 1 unspecified atom stereocenters. The smallest absolute Gasteiger partial charge is 0.303 e. The van der Waals surface area contributed by atoms with Crippen LogP contribution in [0.5, 0.6) is 0 Å². The first-order chi connectivity index (χ1) is 14.2. The first kappa shape index (κ1) is 24.4. The SMILES string of the molecule is CC(=O)OC[C@@H]1S[C@H](OC2CCCCO2)[C@H](OC(C)=O)[C@@H](OC(C)=O)[C@@H]1OC(C)=O. The second kappa shape index (κ2) is 11.5. The molecule has 2 rings (SSSR count).